The van der Waals surface area contributed by atoms with Crippen LogP contribution < -0.4 is 0 Å². The van der Waals surface area contributed by atoms with Crippen molar-refractivity contribution in [2.75, 3.05) is 32.8 Å². The summed E-state index contributed by atoms with van der Waals surface area (Å²) in [6.45, 7) is 10.9. The molecular formula is C12H25NO2. The topological polar surface area (TPSA) is 32.7 Å². The van der Waals surface area contributed by atoms with Crippen molar-refractivity contribution in [3.05, 3.63) is 0 Å². The third kappa shape index (κ3) is 5.50. The number of likely N-dealkylation sites (tertiary alicyclic amines) is 1. The molecule has 1 saturated heterocycles. The van der Waals surface area contributed by atoms with Gasteiger partial charge in [0, 0.05) is 26.2 Å². The molecule has 0 aliphatic carbocycles. The van der Waals surface area contributed by atoms with Gasteiger partial charge in [0.1, 0.15) is 0 Å². The van der Waals surface area contributed by atoms with E-state index in [4.69, 9.17) is 4.74 Å². The molecular weight excluding hydrogens is 190 g/mol. The van der Waals surface area contributed by atoms with Crippen LogP contribution in [-0.4, -0.2) is 48.5 Å². The van der Waals surface area contributed by atoms with Crippen LogP contribution in [0.5, 0.6) is 0 Å². The van der Waals surface area contributed by atoms with Crippen LogP contribution in [0.25, 0.3) is 0 Å². The minimum atomic E-state index is -0.435. The Balaban J connectivity index is 2.04. The summed E-state index contributed by atoms with van der Waals surface area (Å²) in [6, 6.07) is 0. The van der Waals surface area contributed by atoms with Gasteiger partial charge in [0.05, 0.1) is 12.2 Å². The lowest BCUT2D eigenvalue weighted by atomic mass is 9.94. The number of ether oxygens (including phenoxy) is 1. The van der Waals surface area contributed by atoms with Crippen molar-refractivity contribution in [1.29, 1.82) is 0 Å². The van der Waals surface area contributed by atoms with Crippen LogP contribution in [0.2, 0.25) is 0 Å². The van der Waals surface area contributed by atoms with Crippen LogP contribution in [-0.2, 0) is 4.74 Å². The molecule has 0 radical (unpaired) electrons. The predicted octanol–water partition coefficient (Wildman–Crippen LogP) is 1.51. The molecule has 90 valence electrons. The van der Waals surface area contributed by atoms with Crippen LogP contribution in [0.3, 0.4) is 0 Å². The number of aliphatic hydroxyl groups is 1. The summed E-state index contributed by atoms with van der Waals surface area (Å²) in [7, 11) is 0. The molecule has 0 saturated carbocycles. The van der Waals surface area contributed by atoms with Crippen molar-refractivity contribution in [1.82, 2.24) is 4.90 Å². The van der Waals surface area contributed by atoms with Gasteiger partial charge in [0.15, 0.2) is 0 Å². The fraction of sp³-hybridized carbons (Fsp3) is 1.00. The van der Waals surface area contributed by atoms with Gasteiger partial charge in [-0.3, -0.25) is 0 Å². The smallest absolute Gasteiger partial charge is 0.0644 e. The Morgan fingerprint density at radius 1 is 1.33 bits per heavy atom. The summed E-state index contributed by atoms with van der Waals surface area (Å²) in [5.74, 6) is 0.618. The minimum Gasteiger partial charge on any atom is -0.390 e. The molecule has 0 bridgehead atoms. The highest BCUT2D eigenvalue weighted by Gasteiger charge is 2.26. The molecule has 0 aromatic heterocycles. The van der Waals surface area contributed by atoms with Crippen LogP contribution in [0.4, 0.5) is 0 Å². The molecule has 1 aliphatic rings. The van der Waals surface area contributed by atoms with E-state index in [1.807, 2.05) is 6.92 Å². The van der Waals surface area contributed by atoms with Crippen molar-refractivity contribution in [3.8, 4) is 0 Å². The van der Waals surface area contributed by atoms with E-state index in [1.54, 1.807) is 0 Å². The molecule has 0 unspecified atom stereocenters. The first-order valence-corrected chi connectivity index (χ1v) is 6.02. The summed E-state index contributed by atoms with van der Waals surface area (Å²) in [6.07, 6.45) is 1.77. The molecule has 1 rings (SSSR count). The molecule has 3 nitrogen and oxygen atoms in total. The molecule has 0 atom stereocenters. The summed E-state index contributed by atoms with van der Waals surface area (Å²) in [4.78, 5) is 2.37. The second-order valence-corrected chi connectivity index (χ2v) is 5.31. The van der Waals surface area contributed by atoms with Crippen LogP contribution >= 0.6 is 0 Å². The van der Waals surface area contributed by atoms with Crippen molar-refractivity contribution in [2.45, 2.75) is 39.2 Å². The van der Waals surface area contributed by atoms with Crippen molar-refractivity contribution >= 4 is 0 Å². The van der Waals surface area contributed by atoms with Gasteiger partial charge in [-0.25, -0.2) is 0 Å². The lowest BCUT2D eigenvalue weighted by Gasteiger charge is -2.35. The Bertz CT molecular complexity index is 170. The van der Waals surface area contributed by atoms with Gasteiger partial charge in [-0.1, -0.05) is 13.8 Å². The highest BCUT2D eigenvalue weighted by Crippen LogP contribution is 2.20. The largest absolute Gasteiger partial charge is 0.390 e. The van der Waals surface area contributed by atoms with Crippen molar-refractivity contribution in [3.63, 3.8) is 0 Å². The number of hydrogen-bond donors (Lipinski definition) is 1. The van der Waals surface area contributed by atoms with Crippen LogP contribution in [0.1, 0.15) is 33.6 Å². The maximum Gasteiger partial charge on any atom is 0.0644 e. The molecule has 0 amide bonds. The molecule has 1 heterocycles. The molecule has 3 heteroatoms. The average molecular weight is 215 g/mol. The van der Waals surface area contributed by atoms with E-state index in [-0.39, 0.29) is 0 Å². The number of nitrogens with zero attached hydrogens (tertiary/aromatic N) is 1. The van der Waals surface area contributed by atoms with Gasteiger partial charge in [-0.15, -0.1) is 0 Å². The second-order valence-electron chi connectivity index (χ2n) is 5.31. The summed E-state index contributed by atoms with van der Waals surface area (Å²) in [5, 5.41) is 9.78. The lowest BCUT2D eigenvalue weighted by Crippen LogP contribution is -2.43. The quantitative estimate of drug-likeness (QED) is 0.706. The Kier molecular flexibility index (Phi) is 5.03. The maximum absolute atomic E-state index is 9.78. The van der Waals surface area contributed by atoms with E-state index in [1.165, 1.54) is 0 Å². The third-order valence-corrected chi connectivity index (χ3v) is 2.94. The molecule has 15 heavy (non-hydrogen) atoms. The zero-order valence-electron chi connectivity index (χ0n) is 10.3. The van der Waals surface area contributed by atoms with E-state index in [0.717, 1.165) is 45.7 Å². The summed E-state index contributed by atoms with van der Waals surface area (Å²) >= 11 is 0. The minimum absolute atomic E-state index is 0.435. The Morgan fingerprint density at radius 3 is 2.47 bits per heavy atom. The van der Waals surface area contributed by atoms with E-state index in [0.29, 0.717) is 5.92 Å². The zero-order valence-corrected chi connectivity index (χ0v) is 10.3. The highest BCUT2D eigenvalue weighted by atomic mass is 16.5. The van der Waals surface area contributed by atoms with Crippen LogP contribution in [0, 0.1) is 5.92 Å². The van der Waals surface area contributed by atoms with E-state index in [9.17, 15) is 5.11 Å². The fourth-order valence-electron chi connectivity index (χ4n) is 1.77. The second kappa shape index (κ2) is 5.83. The molecule has 1 aliphatic heterocycles. The monoisotopic (exact) mass is 215 g/mol. The van der Waals surface area contributed by atoms with Crippen LogP contribution in [0.15, 0.2) is 0 Å². The fourth-order valence-corrected chi connectivity index (χ4v) is 1.77. The molecule has 1 N–H and O–H groups in total. The third-order valence-electron chi connectivity index (χ3n) is 2.94. The van der Waals surface area contributed by atoms with Gasteiger partial charge in [-0.05, 0) is 25.7 Å². The predicted molar refractivity (Wildman–Crippen MR) is 62.0 cm³/mol. The van der Waals surface area contributed by atoms with Gasteiger partial charge in [-0.2, -0.15) is 0 Å². The van der Waals surface area contributed by atoms with Gasteiger partial charge in [0.25, 0.3) is 0 Å². The number of piperidine rings is 1. The zero-order chi connectivity index (χ0) is 11.3. The normalized spacial score (nSPS) is 22.2. The highest BCUT2D eigenvalue weighted by molar-refractivity contribution is 4.81. The maximum atomic E-state index is 9.78. The average Bonchev–Trinajstić information content (AvgIpc) is 2.14. The molecule has 0 spiro atoms. The first-order chi connectivity index (χ1) is 6.99. The SMILES string of the molecule is CC(C)COCCN1CCC(C)(O)CC1. The standard InChI is InChI=1S/C12H25NO2/c1-11(2)10-15-9-8-13-6-4-12(3,14)5-7-13/h11,14H,4-10H2,1-3H3. The van der Waals surface area contributed by atoms with Gasteiger partial charge in [0.2, 0.25) is 0 Å². The number of hydrogen-bond acceptors (Lipinski definition) is 3. The van der Waals surface area contributed by atoms with E-state index in [2.05, 4.69) is 18.7 Å². The van der Waals surface area contributed by atoms with Gasteiger partial charge < -0.3 is 14.7 Å². The van der Waals surface area contributed by atoms with Crippen molar-refractivity contribution < 1.29 is 9.84 Å². The summed E-state index contributed by atoms with van der Waals surface area (Å²) < 4.78 is 5.55. The number of rotatable bonds is 5. The summed E-state index contributed by atoms with van der Waals surface area (Å²) in [5.41, 5.74) is -0.435. The first kappa shape index (κ1) is 12.9. The molecule has 0 aromatic carbocycles. The molecule has 0 aromatic rings. The molecule has 1 fully saturated rings. The Hall–Kier alpha value is -0.120. The van der Waals surface area contributed by atoms with Gasteiger partial charge >= 0.3 is 0 Å². The van der Waals surface area contributed by atoms with Crippen molar-refractivity contribution in [2.24, 2.45) is 5.92 Å². The van der Waals surface area contributed by atoms with E-state index < -0.39 is 5.60 Å². The van der Waals surface area contributed by atoms with E-state index >= 15 is 0 Å². The Morgan fingerprint density at radius 2 is 1.93 bits per heavy atom. The Labute approximate surface area is 93.4 Å². The lowest BCUT2D eigenvalue weighted by molar-refractivity contribution is -0.0133. The first-order valence-electron chi connectivity index (χ1n) is 6.02.